The zero-order chi connectivity index (χ0) is 17.0. The summed E-state index contributed by atoms with van der Waals surface area (Å²) in [6, 6.07) is 8.16. The number of hydrogen-bond donors (Lipinski definition) is 1. The predicted octanol–water partition coefficient (Wildman–Crippen LogP) is 4.87. The second-order valence-electron chi connectivity index (χ2n) is 4.51. The number of anilines is 1. The molecule has 0 saturated heterocycles. The zero-order valence-electron chi connectivity index (χ0n) is 11.5. The highest BCUT2D eigenvalue weighted by atomic mass is 32.2. The molecular weight excluding hydrogens is 337 g/mol. The smallest absolute Gasteiger partial charge is 0.321 e. The third kappa shape index (κ3) is 5.24. The molecule has 2 aromatic rings. The molecule has 0 fully saturated rings. The maximum Gasteiger partial charge on any atom is 0.398 e. The lowest BCUT2D eigenvalue weighted by Gasteiger charge is -2.12. The van der Waals surface area contributed by atoms with Gasteiger partial charge in [0.25, 0.3) is 5.91 Å². The van der Waals surface area contributed by atoms with Crippen molar-refractivity contribution in [3.05, 3.63) is 59.7 Å². The van der Waals surface area contributed by atoms with E-state index in [4.69, 9.17) is 0 Å². The monoisotopic (exact) mass is 347 g/mol. The molecule has 0 aliphatic carbocycles. The molecule has 1 amide bonds. The van der Waals surface area contributed by atoms with Crippen molar-refractivity contribution < 1.29 is 26.7 Å². The Morgan fingerprint density at radius 2 is 1.65 bits per heavy atom. The maximum absolute atomic E-state index is 13.1. The zero-order valence-corrected chi connectivity index (χ0v) is 12.3. The summed E-state index contributed by atoms with van der Waals surface area (Å²) in [7, 11) is 0. The van der Waals surface area contributed by atoms with Gasteiger partial charge in [-0.1, -0.05) is 12.1 Å². The highest BCUT2D eigenvalue weighted by molar-refractivity contribution is 7.99. The molecule has 0 atom stereocenters. The molecule has 0 bridgehead atoms. The minimum Gasteiger partial charge on any atom is -0.321 e. The van der Waals surface area contributed by atoms with Crippen molar-refractivity contribution in [2.45, 2.75) is 11.1 Å². The molecule has 0 aliphatic rings. The van der Waals surface area contributed by atoms with E-state index in [-0.39, 0.29) is 16.1 Å². The third-order valence-corrected chi connectivity index (χ3v) is 3.79. The lowest BCUT2D eigenvalue weighted by atomic mass is 10.2. The van der Waals surface area contributed by atoms with Crippen LogP contribution in [-0.2, 0) is 0 Å². The molecule has 0 aromatic heterocycles. The van der Waals surface area contributed by atoms with Gasteiger partial charge in [-0.25, -0.2) is 8.78 Å². The Hall–Kier alpha value is -2.09. The van der Waals surface area contributed by atoms with Gasteiger partial charge in [-0.05, 0) is 24.3 Å². The van der Waals surface area contributed by atoms with Gasteiger partial charge in [0.15, 0.2) is 0 Å². The Balaban J connectivity index is 2.17. The number of thioether (sulfide) groups is 1. The molecule has 0 heterocycles. The van der Waals surface area contributed by atoms with Crippen molar-refractivity contribution in [2.24, 2.45) is 0 Å². The van der Waals surface area contributed by atoms with Gasteiger partial charge in [-0.3, -0.25) is 4.79 Å². The average Bonchev–Trinajstić information content (AvgIpc) is 2.44. The number of carbonyl (C=O) groups is 1. The quantitative estimate of drug-likeness (QED) is 0.631. The third-order valence-electron chi connectivity index (χ3n) is 2.65. The first-order valence-corrected chi connectivity index (χ1v) is 7.29. The standard InChI is InChI=1S/C15H10F5NOS/c16-10-5-9(6-11(17)7-10)14(22)21-12-3-1-2-4-13(12)23-8-15(18,19)20/h1-7H,8H2,(H,21,22). The minimum atomic E-state index is -4.35. The van der Waals surface area contributed by atoms with E-state index >= 15 is 0 Å². The highest BCUT2D eigenvalue weighted by Gasteiger charge is 2.27. The van der Waals surface area contributed by atoms with Gasteiger partial charge in [-0.2, -0.15) is 13.2 Å². The lowest BCUT2D eigenvalue weighted by molar-refractivity contribution is -0.105. The number of para-hydroxylation sites is 1. The Morgan fingerprint density at radius 1 is 1.04 bits per heavy atom. The molecule has 0 spiro atoms. The molecule has 122 valence electrons. The summed E-state index contributed by atoms with van der Waals surface area (Å²) >= 11 is 0.510. The maximum atomic E-state index is 13.1. The number of nitrogens with one attached hydrogen (secondary N) is 1. The molecule has 0 unspecified atom stereocenters. The first-order valence-electron chi connectivity index (χ1n) is 6.30. The van der Waals surface area contributed by atoms with Gasteiger partial charge < -0.3 is 5.32 Å². The fourth-order valence-electron chi connectivity index (χ4n) is 1.73. The Morgan fingerprint density at radius 3 is 2.26 bits per heavy atom. The van der Waals surface area contributed by atoms with E-state index in [1.807, 2.05) is 0 Å². The van der Waals surface area contributed by atoms with Gasteiger partial charge >= 0.3 is 6.18 Å². The normalized spacial score (nSPS) is 11.3. The van der Waals surface area contributed by atoms with Crippen molar-refractivity contribution in [2.75, 3.05) is 11.1 Å². The summed E-state index contributed by atoms with van der Waals surface area (Å²) in [6.45, 7) is 0. The number of rotatable bonds is 4. The average molecular weight is 347 g/mol. The van der Waals surface area contributed by atoms with E-state index in [1.165, 1.54) is 24.3 Å². The van der Waals surface area contributed by atoms with E-state index in [9.17, 15) is 26.7 Å². The minimum absolute atomic E-state index is 0.136. The van der Waals surface area contributed by atoms with E-state index in [1.54, 1.807) is 0 Å². The van der Waals surface area contributed by atoms with E-state index in [2.05, 4.69) is 5.32 Å². The van der Waals surface area contributed by atoms with Gasteiger partial charge in [0, 0.05) is 16.5 Å². The largest absolute Gasteiger partial charge is 0.398 e. The van der Waals surface area contributed by atoms with Crippen LogP contribution in [0.4, 0.5) is 27.6 Å². The van der Waals surface area contributed by atoms with E-state index in [0.717, 1.165) is 12.1 Å². The highest BCUT2D eigenvalue weighted by Crippen LogP contribution is 2.32. The van der Waals surface area contributed by atoms with E-state index in [0.29, 0.717) is 17.8 Å². The molecule has 1 N–H and O–H groups in total. The van der Waals surface area contributed by atoms with Crippen LogP contribution in [-0.4, -0.2) is 17.8 Å². The summed E-state index contributed by atoms with van der Waals surface area (Å²) in [4.78, 5) is 12.2. The fraction of sp³-hybridized carbons (Fsp3) is 0.133. The summed E-state index contributed by atoms with van der Waals surface area (Å²) in [5.41, 5.74) is -0.130. The van der Waals surface area contributed by atoms with Crippen LogP contribution in [0.1, 0.15) is 10.4 Å². The number of halogens is 5. The van der Waals surface area contributed by atoms with Crippen molar-refractivity contribution in [3.8, 4) is 0 Å². The molecule has 2 rings (SSSR count). The number of alkyl halides is 3. The number of hydrogen-bond acceptors (Lipinski definition) is 2. The Labute approximate surface area is 132 Å². The first kappa shape index (κ1) is 17.3. The van der Waals surface area contributed by atoms with Crippen LogP contribution in [0.5, 0.6) is 0 Å². The summed E-state index contributed by atoms with van der Waals surface area (Å²) in [5.74, 6) is -3.78. The lowest BCUT2D eigenvalue weighted by Crippen LogP contribution is -2.14. The van der Waals surface area contributed by atoms with Crippen LogP contribution in [0.15, 0.2) is 47.4 Å². The summed E-state index contributed by atoms with van der Waals surface area (Å²) in [6.07, 6.45) is -4.35. The summed E-state index contributed by atoms with van der Waals surface area (Å²) < 4.78 is 63.1. The van der Waals surface area contributed by atoms with Crippen molar-refractivity contribution in [3.63, 3.8) is 0 Å². The van der Waals surface area contributed by atoms with Gasteiger partial charge in [0.05, 0.1) is 11.4 Å². The van der Waals surface area contributed by atoms with Crippen LogP contribution < -0.4 is 5.32 Å². The first-order chi connectivity index (χ1) is 10.7. The van der Waals surface area contributed by atoms with Gasteiger partial charge in [0.1, 0.15) is 11.6 Å². The van der Waals surface area contributed by atoms with Crippen LogP contribution in [0.3, 0.4) is 0 Å². The van der Waals surface area contributed by atoms with Crippen molar-refractivity contribution in [1.82, 2.24) is 0 Å². The molecule has 8 heteroatoms. The molecular formula is C15H10F5NOS. The molecule has 0 aliphatic heterocycles. The number of carbonyl (C=O) groups excluding carboxylic acids is 1. The van der Waals surface area contributed by atoms with Crippen molar-refractivity contribution >= 4 is 23.4 Å². The second-order valence-corrected chi connectivity index (χ2v) is 5.53. The molecule has 0 saturated carbocycles. The predicted molar refractivity (Wildman–Crippen MR) is 77.5 cm³/mol. The molecule has 23 heavy (non-hydrogen) atoms. The van der Waals surface area contributed by atoms with Crippen LogP contribution in [0.2, 0.25) is 0 Å². The Bertz CT molecular complexity index is 697. The fourth-order valence-corrected chi connectivity index (χ4v) is 2.50. The SMILES string of the molecule is O=C(Nc1ccccc1SCC(F)(F)F)c1cc(F)cc(F)c1. The van der Waals surface area contributed by atoms with Gasteiger partial charge in [-0.15, -0.1) is 11.8 Å². The van der Waals surface area contributed by atoms with Crippen LogP contribution in [0, 0.1) is 11.6 Å². The van der Waals surface area contributed by atoms with Crippen LogP contribution in [0.25, 0.3) is 0 Å². The van der Waals surface area contributed by atoms with E-state index < -0.39 is 29.5 Å². The Kier molecular flexibility index (Phi) is 5.25. The molecule has 2 nitrogen and oxygen atoms in total. The molecule has 0 radical (unpaired) electrons. The second kappa shape index (κ2) is 6.99. The molecule has 2 aromatic carbocycles. The van der Waals surface area contributed by atoms with Crippen LogP contribution >= 0.6 is 11.8 Å². The topological polar surface area (TPSA) is 29.1 Å². The van der Waals surface area contributed by atoms with Gasteiger partial charge in [0.2, 0.25) is 0 Å². The number of benzene rings is 2. The number of amides is 1. The summed E-state index contributed by atoms with van der Waals surface area (Å²) in [5, 5.41) is 2.36. The van der Waals surface area contributed by atoms with Crippen molar-refractivity contribution in [1.29, 1.82) is 0 Å².